The summed E-state index contributed by atoms with van der Waals surface area (Å²) in [4.78, 5) is 0. The largest absolute Gasteiger partial charge is 0.0911 e. The van der Waals surface area contributed by atoms with E-state index in [4.69, 9.17) is 11.6 Å². The first kappa shape index (κ1) is 10.1. The molecule has 0 aliphatic heterocycles. The van der Waals surface area contributed by atoms with E-state index in [2.05, 4.69) is 6.58 Å². The molecule has 0 fully saturated rings. The molecule has 0 nitrogen and oxygen atoms in total. The second kappa shape index (κ2) is 4.29. The summed E-state index contributed by atoms with van der Waals surface area (Å²) >= 11 is 6.05. The minimum atomic E-state index is 0.743. The first-order valence-corrected chi connectivity index (χ1v) is 4.61. The molecular weight excluding hydrogens is 180 g/mol. The van der Waals surface area contributed by atoms with E-state index in [0.29, 0.717) is 0 Å². The Morgan fingerprint density at radius 2 is 2.15 bits per heavy atom. The van der Waals surface area contributed by atoms with Gasteiger partial charge in [0.05, 0.1) is 0 Å². The third-order valence-corrected chi connectivity index (χ3v) is 2.16. The van der Waals surface area contributed by atoms with Gasteiger partial charge in [-0.25, -0.2) is 0 Å². The molecule has 0 bridgehead atoms. The third kappa shape index (κ3) is 2.46. The van der Waals surface area contributed by atoms with Crippen LogP contribution in [-0.4, -0.2) is 0 Å². The van der Waals surface area contributed by atoms with E-state index in [1.165, 1.54) is 5.56 Å². The highest BCUT2D eigenvalue weighted by molar-refractivity contribution is 6.47. The molecule has 0 aliphatic rings. The highest BCUT2D eigenvalue weighted by atomic mass is 35.5. The number of hydrogen-bond donors (Lipinski definition) is 0. The number of hydrogen-bond acceptors (Lipinski definition) is 0. The van der Waals surface area contributed by atoms with Crippen molar-refractivity contribution in [1.82, 2.24) is 0 Å². The van der Waals surface area contributed by atoms with Crippen LogP contribution in [0.15, 0.2) is 30.4 Å². The zero-order valence-corrected chi connectivity index (χ0v) is 8.73. The molecule has 0 N–H and O–H groups in total. The lowest BCUT2D eigenvalue weighted by Crippen LogP contribution is -2.23. The lowest BCUT2D eigenvalue weighted by molar-refractivity contribution is 1.40. The Morgan fingerprint density at radius 3 is 2.69 bits per heavy atom. The van der Waals surface area contributed by atoms with Gasteiger partial charge in [0.1, 0.15) is 0 Å². The van der Waals surface area contributed by atoms with Crippen LogP contribution in [0.5, 0.6) is 0 Å². The fourth-order valence-electron chi connectivity index (χ4n) is 1.19. The number of aryl methyl sites for hydroxylation is 1. The van der Waals surface area contributed by atoms with Crippen molar-refractivity contribution in [2.75, 3.05) is 0 Å². The molecular formula is C12H13Cl. The van der Waals surface area contributed by atoms with Gasteiger partial charge in [0.15, 0.2) is 0 Å². The van der Waals surface area contributed by atoms with E-state index >= 15 is 0 Å². The van der Waals surface area contributed by atoms with E-state index in [-0.39, 0.29) is 0 Å². The van der Waals surface area contributed by atoms with Crippen molar-refractivity contribution in [2.24, 2.45) is 0 Å². The number of benzene rings is 1. The van der Waals surface area contributed by atoms with Gasteiger partial charge in [0.2, 0.25) is 0 Å². The van der Waals surface area contributed by atoms with Crippen LogP contribution in [0.4, 0.5) is 0 Å². The molecule has 0 amide bonds. The van der Waals surface area contributed by atoms with Gasteiger partial charge in [-0.1, -0.05) is 48.0 Å². The van der Waals surface area contributed by atoms with Gasteiger partial charge in [-0.3, -0.25) is 0 Å². The molecule has 1 heteroatoms. The van der Waals surface area contributed by atoms with Crippen molar-refractivity contribution in [1.29, 1.82) is 0 Å². The average Bonchev–Trinajstić information content (AvgIpc) is 2.04. The summed E-state index contributed by atoms with van der Waals surface area (Å²) in [6.07, 6.45) is 3.79. The SMILES string of the molecule is C=c1cc(C)ccc1=C(Cl)C=CC. The Bertz CT molecular complexity index is 427. The van der Waals surface area contributed by atoms with E-state index in [0.717, 1.165) is 15.5 Å². The van der Waals surface area contributed by atoms with Gasteiger partial charge in [-0.05, 0) is 30.4 Å². The average molecular weight is 193 g/mol. The molecule has 0 heterocycles. The van der Waals surface area contributed by atoms with Crippen molar-refractivity contribution >= 4 is 23.2 Å². The van der Waals surface area contributed by atoms with Crippen LogP contribution in [0.3, 0.4) is 0 Å². The maximum atomic E-state index is 6.05. The molecule has 0 spiro atoms. The highest BCUT2D eigenvalue weighted by Gasteiger charge is 1.90. The smallest absolute Gasteiger partial charge is 0.0480 e. The van der Waals surface area contributed by atoms with Crippen molar-refractivity contribution in [3.05, 3.63) is 46.4 Å². The minimum absolute atomic E-state index is 0.743. The van der Waals surface area contributed by atoms with Crippen LogP contribution in [-0.2, 0) is 0 Å². The normalized spacial score (nSPS) is 13.5. The van der Waals surface area contributed by atoms with Crippen LogP contribution in [0, 0.1) is 6.92 Å². The molecule has 0 aliphatic carbocycles. The van der Waals surface area contributed by atoms with E-state index in [1.807, 2.05) is 44.2 Å². The van der Waals surface area contributed by atoms with Crippen molar-refractivity contribution in [3.8, 4) is 0 Å². The molecule has 68 valence electrons. The molecule has 1 aromatic carbocycles. The Labute approximate surface area is 83.9 Å². The Balaban J connectivity index is 3.47. The maximum absolute atomic E-state index is 6.05. The van der Waals surface area contributed by atoms with E-state index in [9.17, 15) is 0 Å². The summed E-state index contributed by atoms with van der Waals surface area (Å²) < 4.78 is 0. The van der Waals surface area contributed by atoms with Crippen LogP contribution in [0.2, 0.25) is 0 Å². The lowest BCUT2D eigenvalue weighted by Gasteiger charge is -1.94. The highest BCUT2D eigenvalue weighted by Crippen LogP contribution is 2.00. The molecule has 1 rings (SSSR count). The number of allylic oxidation sites excluding steroid dienone is 2. The van der Waals surface area contributed by atoms with Crippen LogP contribution < -0.4 is 10.4 Å². The monoisotopic (exact) mass is 192 g/mol. The van der Waals surface area contributed by atoms with Gasteiger partial charge in [0, 0.05) is 5.03 Å². The van der Waals surface area contributed by atoms with Crippen molar-refractivity contribution in [3.63, 3.8) is 0 Å². The lowest BCUT2D eigenvalue weighted by atomic mass is 10.2. The topological polar surface area (TPSA) is 0 Å². The van der Waals surface area contributed by atoms with Gasteiger partial charge in [-0.15, -0.1) is 0 Å². The molecule has 0 unspecified atom stereocenters. The molecule has 13 heavy (non-hydrogen) atoms. The van der Waals surface area contributed by atoms with E-state index < -0.39 is 0 Å². The van der Waals surface area contributed by atoms with Gasteiger partial charge in [-0.2, -0.15) is 0 Å². The first-order valence-electron chi connectivity index (χ1n) is 4.23. The summed E-state index contributed by atoms with van der Waals surface area (Å²) in [6, 6.07) is 6.07. The molecule has 0 radical (unpaired) electrons. The fraction of sp³-hybridized carbons (Fsp3) is 0.167. The summed E-state index contributed by atoms with van der Waals surface area (Å²) in [5.41, 5.74) is 1.21. The Kier molecular flexibility index (Phi) is 3.32. The fourth-order valence-corrected chi connectivity index (χ4v) is 1.50. The summed E-state index contributed by atoms with van der Waals surface area (Å²) in [7, 11) is 0. The van der Waals surface area contributed by atoms with Gasteiger partial charge in [0.25, 0.3) is 0 Å². The second-order valence-electron chi connectivity index (χ2n) is 3.01. The molecule has 0 atom stereocenters. The quantitative estimate of drug-likeness (QED) is 0.641. The zero-order chi connectivity index (χ0) is 9.84. The summed E-state index contributed by atoms with van der Waals surface area (Å²) in [5, 5.41) is 2.72. The standard InChI is InChI=1S/C12H13Cl/c1-4-5-12(13)11-7-6-9(2)8-10(11)3/h4-8H,3H2,1-2H3. The first-order chi connectivity index (χ1) is 6.15. The van der Waals surface area contributed by atoms with Crippen LogP contribution >= 0.6 is 11.6 Å². The molecule has 0 aromatic heterocycles. The molecule has 0 saturated carbocycles. The third-order valence-electron chi connectivity index (χ3n) is 1.83. The van der Waals surface area contributed by atoms with Crippen LogP contribution in [0.25, 0.3) is 11.6 Å². The Hall–Kier alpha value is -1.01. The van der Waals surface area contributed by atoms with Crippen molar-refractivity contribution in [2.45, 2.75) is 13.8 Å². The molecule has 0 saturated heterocycles. The summed E-state index contributed by atoms with van der Waals surface area (Å²) in [5.74, 6) is 0. The van der Waals surface area contributed by atoms with Crippen LogP contribution in [0.1, 0.15) is 12.5 Å². The predicted octanol–water partition coefficient (Wildman–Crippen LogP) is 2.33. The number of halogens is 1. The van der Waals surface area contributed by atoms with Crippen molar-refractivity contribution < 1.29 is 0 Å². The minimum Gasteiger partial charge on any atom is -0.0911 e. The Morgan fingerprint density at radius 1 is 1.46 bits per heavy atom. The predicted molar refractivity (Wildman–Crippen MR) is 60.0 cm³/mol. The van der Waals surface area contributed by atoms with Gasteiger partial charge >= 0.3 is 0 Å². The van der Waals surface area contributed by atoms with Gasteiger partial charge < -0.3 is 0 Å². The maximum Gasteiger partial charge on any atom is 0.0480 e. The number of rotatable bonds is 1. The molecule has 1 aromatic rings. The zero-order valence-electron chi connectivity index (χ0n) is 7.97. The van der Waals surface area contributed by atoms with E-state index in [1.54, 1.807) is 0 Å². The summed E-state index contributed by atoms with van der Waals surface area (Å²) in [6.45, 7) is 7.93. The second-order valence-corrected chi connectivity index (χ2v) is 3.42.